The maximum Gasteiger partial charge on any atom is 0.343 e. The second-order valence-corrected chi connectivity index (χ2v) is 10.1. The highest BCUT2D eigenvalue weighted by Gasteiger charge is 2.43. The first-order valence-electron chi connectivity index (χ1n) is 13.9. The van der Waals surface area contributed by atoms with Gasteiger partial charge >= 0.3 is 6.03 Å². The number of aryl methyl sites for hydroxylation is 2. The van der Waals surface area contributed by atoms with Crippen LogP contribution < -0.4 is 14.7 Å². The van der Waals surface area contributed by atoms with Crippen LogP contribution in [0.3, 0.4) is 0 Å². The van der Waals surface area contributed by atoms with Crippen LogP contribution in [-0.2, 0) is 9.59 Å². The van der Waals surface area contributed by atoms with E-state index in [1.807, 2.05) is 45.0 Å². The Morgan fingerprint density at radius 3 is 1.78 bits per heavy atom. The first-order valence-corrected chi connectivity index (χ1v) is 13.9. The number of carbonyl (C=O) groups is 3. The van der Waals surface area contributed by atoms with Crippen molar-refractivity contribution >= 4 is 41.0 Å². The molecule has 0 atom stereocenters. The topological polar surface area (TPSA) is 65.9 Å². The molecule has 4 aromatic rings. The van der Waals surface area contributed by atoms with E-state index in [9.17, 15) is 14.4 Å². The molecule has 7 heteroatoms. The number of imide groups is 2. The van der Waals surface area contributed by atoms with E-state index in [1.54, 1.807) is 42.5 Å². The van der Waals surface area contributed by atoms with Gasteiger partial charge in [-0.1, -0.05) is 35.9 Å². The lowest BCUT2D eigenvalue weighted by Gasteiger charge is -2.34. The number of carbonyl (C=O) groups excluding carboxylic acids is 3. The van der Waals surface area contributed by atoms with Gasteiger partial charge in [0.1, 0.15) is 5.57 Å². The number of benzene rings is 3. The molecule has 0 N–H and O–H groups in total. The fraction of sp³-hybridized carbons (Fsp3) is 0.206. The largest absolute Gasteiger partial charge is 0.372 e. The Morgan fingerprint density at radius 1 is 0.683 bits per heavy atom. The predicted octanol–water partition coefficient (Wildman–Crippen LogP) is 6.83. The third-order valence-electron chi connectivity index (χ3n) is 7.56. The number of urea groups is 1. The molecule has 1 aromatic heterocycles. The molecule has 0 aliphatic carbocycles. The molecule has 1 fully saturated rings. The van der Waals surface area contributed by atoms with Crippen LogP contribution in [-0.4, -0.2) is 35.5 Å². The zero-order valence-corrected chi connectivity index (χ0v) is 24.1. The minimum atomic E-state index is -0.703. The number of amides is 4. The summed E-state index contributed by atoms with van der Waals surface area (Å²) in [5.41, 5.74) is 6.45. The van der Waals surface area contributed by atoms with Crippen LogP contribution in [0.15, 0.2) is 90.5 Å². The molecule has 208 valence electrons. The molecule has 0 saturated carbocycles. The number of para-hydroxylation sites is 1. The van der Waals surface area contributed by atoms with Gasteiger partial charge in [-0.15, -0.1) is 0 Å². The van der Waals surface area contributed by atoms with Gasteiger partial charge in [-0.3, -0.25) is 9.59 Å². The highest BCUT2D eigenvalue weighted by atomic mass is 16.2. The standard InChI is InChI=1S/C34H34N4O3/c1-6-35(7-2)27-17-19-29(20-18-27)36-24(4)21-26(25(36)5)22-31-32(39)37(28-11-9-8-10-12-28)34(41)38(33(31)40)30-15-13-23(3)14-16-30/h8-22H,6-7H2,1-5H3/b31-22+. The molecular weight excluding hydrogens is 512 g/mol. The second kappa shape index (κ2) is 11.3. The molecule has 1 saturated heterocycles. The van der Waals surface area contributed by atoms with Gasteiger partial charge in [0, 0.05) is 35.9 Å². The first-order chi connectivity index (χ1) is 19.7. The molecule has 5 rings (SSSR count). The quantitative estimate of drug-likeness (QED) is 0.188. The van der Waals surface area contributed by atoms with Crippen molar-refractivity contribution in [3.8, 4) is 5.69 Å². The fourth-order valence-corrected chi connectivity index (χ4v) is 5.34. The van der Waals surface area contributed by atoms with E-state index in [-0.39, 0.29) is 5.57 Å². The van der Waals surface area contributed by atoms with Crippen LogP contribution in [0.2, 0.25) is 0 Å². The molecule has 2 heterocycles. The van der Waals surface area contributed by atoms with Crippen molar-refractivity contribution < 1.29 is 14.4 Å². The van der Waals surface area contributed by atoms with Gasteiger partial charge in [0.05, 0.1) is 11.4 Å². The van der Waals surface area contributed by atoms with Gasteiger partial charge in [0.2, 0.25) is 0 Å². The minimum Gasteiger partial charge on any atom is -0.372 e. The summed E-state index contributed by atoms with van der Waals surface area (Å²) in [4.78, 5) is 45.7. The van der Waals surface area contributed by atoms with E-state index in [0.29, 0.717) is 11.4 Å². The van der Waals surface area contributed by atoms with Gasteiger partial charge in [0.25, 0.3) is 11.8 Å². The summed E-state index contributed by atoms with van der Waals surface area (Å²) in [7, 11) is 0. The third kappa shape index (κ3) is 5.07. The Hall–Kier alpha value is -4.91. The third-order valence-corrected chi connectivity index (χ3v) is 7.56. The Bertz CT molecular complexity index is 1630. The van der Waals surface area contributed by atoms with E-state index in [4.69, 9.17) is 0 Å². The highest BCUT2D eigenvalue weighted by molar-refractivity contribution is 6.46. The van der Waals surface area contributed by atoms with E-state index >= 15 is 0 Å². The molecule has 0 spiro atoms. The van der Waals surface area contributed by atoms with E-state index in [0.717, 1.165) is 56.8 Å². The Kier molecular flexibility index (Phi) is 7.62. The summed E-state index contributed by atoms with van der Waals surface area (Å²) in [5.74, 6) is -1.30. The van der Waals surface area contributed by atoms with Gasteiger partial charge in [-0.25, -0.2) is 14.6 Å². The van der Waals surface area contributed by atoms with Gasteiger partial charge in [-0.2, -0.15) is 0 Å². The van der Waals surface area contributed by atoms with Crippen molar-refractivity contribution in [2.75, 3.05) is 27.8 Å². The molecule has 7 nitrogen and oxygen atoms in total. The first kappa shape index (κ1) is 27.6. The van der Waals surface area contributed by atoms with Gasteiger partial charge in [0.15, 0.2) is 0 Å². The summed E-state index contributed by atoms with van der Waals surface area (Å²) in [5, 5.41) is 0. The lowest BCUT2D eigenvalue weighted by atomic mass is 10.0. The molecule has 1 aliphatic rings. The van der Waals surface area contributed by atoms with E-state index < -0.39 is 17.8 Å². The maximum atomic E-state index is 13.8. The zero-order chi connectivity index (χ0) is 29.3. The molecule has 4 amide bonds. The number of aromatic nitrogens is 1. The van der Waals surface area contributed by atoms with Crippen LogP contribution in [0.5, 0.6) is 0 Å². The van der Waals surface area contributed by atoms with Gasteiger partial charge < -0.3 is 9.47 Å². The van der Waals surface area contributed by atoms with Crippen LogP contribution in [0.25, 0.3) is 11.8 Å². The Morgan fingerprint density at radius 2 is 1.22 bits per heavy atom. The summed E-state index contributed by atoms with van der Waals surface area (Å²) in [6, 6.07) is 25.4. The lowest BCUT2D eigenvalue weighted by Crippen LogP contribution is -2.57. The normalized spacial score (nSPS) is 14.8. The summed E-state index contributed by atoms with van der Waals surface area (Å²) < 4.78 is 2.11. The van der Waals surface area contributed by atoms with Crippen molar-refractivity contribution in [3.63, 3.8) is 0 Å². The SMILES string of the molecule is CCN(CC)c1ccc(-n2c(C)cc(/C=C3\C(=O)N(c4ccccc4)C(=O)N(c4ccc(C)cc4)C3=O)c2C)cc1. The van der Waals surface area contributed by atoms with Crippen LogP contribution >= 0.6 is 0 Å². The van der Waals surface area contributed by atoms with Crippen LogP contribution in [0, 0.1) is 20.8 Å². The monoisotopic (exact) mass is 546 g/mol. The molecule has 3 aromatic carbocycles. The van der Waals surface area contributed by atoms with Gasteiger partial charge in [-0.05, 0) is 101 Å². The minimum absolute atomic E-state index is 0.0776. The number of hydrogen-bond donors (Lipinski definition) is 0. The van der Waals surface area contributed by atoms with Crippen molar-refractivity contribution in [1.29, 1.82) is 0 Å². The Balaban J connectivity index is 1.59. The molecule has 1 aliphatic heterocycles. The number of anilines is 3. The maximum absolute atomic E-state index is 13.8. The molecule has 0 radical (unpaired) electrons. The van der Waals surface area contributed by atoms with Crippen LogP contribution in [0.1, 0.15) is 36.4 Å². The Labute approximate surface area is 240 Å². The van der Waals surface area contributed by atoms with Crippen molar-refractivity contribution in [3.05, 3.63) is 113 Å². The summed E-state index contributed by atoms with van der Waals surface area (Å²) in [6.07, 6.45) is 1.61. The molecule has 41 heavy (non-hydrogen) atoms. The summed E-state index contributed by atoms with van der Waals surface area (Å²) >= 11 is 0. The van der Waals surface area contributed by atoms with E-state index in [2.05, 4.69) is 47.6 Å². The molecule has 0 unspecified atom stereocenters. The van der Waals surface area contributed by atoms with Crippen molar-refractivity contribution in [2.45, 2.75) is 34.6 Å². The second-order valence-electron chi connectivity index (χ2n) is 10.1. The van der Waals surface area contributed by atoms with Crippen LogP contribution in [0.4, 0.5) is 21.9 Å². The average molecular weight is 547 g/mol. The smallest absolute Gasteiger partial charge is 0.343 e. The average Bonchev–Trinajstić information content (AvgIpc) is 3.26. The van der Waals surface area contributed by atoms with E-state index in [1.165, 1.54) is 0 Å². The fourth-order valence-electron chi connectivity index (χ4n) is 5.34. The number of hydrogen-bond acceptors (Lipinski definition) is 4. The zero-order valence-electron chi connectivity index (χ0n) is 24.1. The number of rotatable bonds is 7. The van der Waals surface area contributed by atoms with Crippen molar-refractivity contribution in [1.82, 2.24) is 4.57 Å². The number of barbiturate groups is 1. The lowest BCUT2D eigenvalue weighted by molar-refractivity contribution is -0.121. The number of nitrogens with zero attached hydrogens (tertiary/aromatic N) is 4. The predicted molar refractivity (Wildman–Crippen MR) is 165 cm³/mol. The highest BCUT2D eigenvalue weighted by Crippen LogP contribution is 2.31. The molecular formula is C34H34N4O3. The molecule has 0 bridgehead atoms. The summed E-state index contributed by atoms with van der Waals surface area (Å²) in [6.45, 7) is 12.0. The van der Waals surface area contributed by atoms with Crippen molar-refractivity contribution in [2.24, 2.45) is 0 Å².